The third-order valence-electron chi connectivity index (χ3n) is 4.11. The average molecular weight is 266 g/mol. The summed E-state index contributed by atoms with van der Waals surface area (Å²) in [6.07, 6.45) is 4.20. The fourth-order valence-electron chi connectivity index (χ4n) is 3.17. The molecule has 108 valence electrons. The Morgan fingerprint density at radius 3 is 2.79 bits per heavy atom. The zero-order chi connectivity index (χ0) is 14.0. The molecule has 4 nitrogen and oxygen atoms in total. The van der Waals surface area contributed by atoms with E-state index in [0.29, 0.717) is 18.5 Å². The first-order valence-corrected chi connectivity index (χ1v) is 7.22. The zero-order valence-electron chi connectivity index (χ0n) is 12.3. The van der Waals surface area contributed by atoms with Gasteiger partial charge in [-0.3, -0.25) is 4.90 Å². The Morgan fingerprint density at radius 1 is 1.53 bits per heavy atom. The largest absolute Gasteiger partial charge is 0.444 e. The summed E-state index contributed by atoms with van der Waals surface area (Å²) >= 11 is 0. The molecular weight excluding hydrogens is 240 g/mol. The highest BCUT2D eigenvalue weighted by Crippen LogP contribution is 2.36. The predicted molar refractivity (Wildman–Crippen MR) is 76.0 cm³/mol. The highest BCUT2D eigenvalue weighted by atomic mass is 16.6. The van der Waals surface area contributed by atoms with Crippen LogP contribution in [0.3, 0.4) is 0 Å². The lowest BCUT2D eigenvalue weighted by atomic mass is 9.76. The zero-order valence-corrected chi connectivity index (χ0v) is 12.3. The number of fused-ring (bicyclic) bond motifs is 3. The molecule has 0 aromatic carbocycles. The van der Waals surface area contributed by atoms with Crippen LogP contribution in [0.1, 0.15) is 33.6 Å². The second-order valence-electron chi connectivity index (χ2n) is 6.72. The minimum absolute atomic E-state index is 0.310. The molecule has 0 aliphatic carbocycles. The molecule has 3 aliphatic rings. The van der Waals surface area contributed by atoms with Gasteiger partial charge in [0.2, 0.25) is 0 Å². The molecule has 3 fully saturated rings. The number of ether oxygens (including phenoxy) is 1. The van der Waals surface area contributed by atoms with Crippen LogP contribution in [0.15, 0.2) is 12.7 Å². The van der Waals surface area contributed by atoms with Crippen LogP contribution in [0.2, 0.25) is 0 Å². The summed E-state index contributed by atoms with van der Waals surface area (Å²) in [5.74, 6) is 1.37. The molecular formula is C15H26N2O2. The van der Waals surface area contributed by atoms with Crippen molar-refractivity contribution >= 4 is 6.09 Å². The molecule has 3 aliphatic heterocycles. The Balaban J connectivity index is 1.79. The highest BCUT2D eigenvalue weighted by Gasteiger charge is 2.38. The van der Waals surface area contributed by atoms with Crippen LogP contribution >= 0.6 is 0 Å². The molecule has 3 saturated heterocycles. The summed E-state index contributed by atoms with van der Waals surface area (Å²) in [6, 6.07) is 0.461. The van der Waals surface area contributed by atoms with Gasteiger partial charge in [-0.2, -0.15) is 0 Å². The number of rotatable bonds is 3. The third-order valence-corrected chi connectivity index (χ3v) is 4.11. The van der Waals surface area contributed by atoms with Gasteiger partial charge in [0, 0.05) is 19.1 Å². The number of amides is 1. The van der Waals surface area contributed by atoms with E-state index in [1.807, 2.05) is 20.8 Å². The van der Waals surface area contributed by atoms with Gasteiger partial charge in [0.25, 0.3) is 0 Å². The number of carbonyl (C=O) groups excluding carboxylic acids is 1. The maximum atomic E-state index is 11.7. The van der Waals surface area contributed by atoms with Crippen molar-refractivity contribution in [1.29, 1.82) is 0 Å². The molecule has 3 rings (SSSR count). The summed E-state index contributed by atoms with van der Waals surface area (Å²) in [7, 11) is 0. The predicted octanol–water partition coefficient (Wildman–Crippen LogP) is 2.41. The van der Waals surface area contributed by atoms with Gasteiger partial charge in [-0.1, -0.05) is 6.08 Å². The van der Waals surface area contributed by atoms with Crippen LogP contribution < -0.4 is 5.32 Å². The van der Waals surface area contributed by atoms with Crippen molar-refractivity contribution < 1.29 is 9.53 Å². The number of nitrogens with one attached hydrogen (secondary N) is 1. The smallest absolute Gasteiger partial charge is 0.407 e. The van der Waals surface area contributed by atoms with Crippen molar-refractivity contribution in [2.75, 3.05) is 19.6 Å². The number of hydrogen-bond acceptors (Lipinski definition) is 3. The molecule has 0 spiro atoms. The monoisotopic (exact) mass is 266 g/mol. The fraction of sp³-hybridized carbons (Fsp3) is 0.800. The van der Waals surface area contributed by atoms with E-state index in [1.54, 1.807) is 0 Å². The van der Waals surface area contributed by atoms with Gasteiger partial charge in [-0.05, 0) is 52.0 Å². The Hall–Kier alpha value is -1.03. The lowest BCUT2D eigenvalue weighted by molar-refractivity contribution is 0.0147. The molecule has 1 amide bonds. The van der Waals surface area contributed by atoms with Crippen LogP contribution in [0.4, 0.5) is 4.79 Å². The van der Waals surface area contributed by atoms with Crippen molar-refractivity contribution in [3.8, 4) is 0 Å². The maximum absolute atomic E-state index is 11.7. The van der Waals surface area contributed by atoms with E-state index in [9.17, 15) is 4.79 Å². The molecule has 1 N–H and O–H groups in total. The Kier molecular flexibility index (Phi) is 4.19. The summed E-state index contributed by atoms with van der Waals surface area (Å²) in [5, 5.41) is 2.90. The standard InChI is InChI=1S/C15H26N2O2/c1-5-11-10-17-7-6-12(11)8-13(17)9-16-14(18)19-15(2,3)4/h5,11-13H,1,6-10H2,2-4H3,(H,16,18). The SMILES string of the molecule is C=CC1CN2CCC1CC2CNC(=O)OC(C)(C)C. The van der Waals surface area contributed by atoms with Gasteiger partial charge in [0.15, 0.2) is 0 Å². The van der Waals surface area contributed by atoms with Crippen molar-refractivity contribution in [2.24, 2.45) is 11.8 Å². The van der Waals surface area contributed by atoms with Gasteiger partial charge in [-0.15, -0.1) is 6.58 Å². The Morgan fingerprint density at radius 2 is 2.26 bits per heavy atom. The van der Waals surface area contributed by atoms with Crippen molar-refractivity contribution in [3.63, 3.8) is 0 Å². The molecule has 3 heterocycles. The quantitative estimate of drug-likeness (QED) is 0.798. The van der Waals surface area contributed by atoms with Crippen molar-refractivity contribution in [1.82, 2.24) is 10.2 Å². The molecule has 19 heavy (non-hydrogen) atoms. The number of nitrogens with zero attached hydrogens (tertiary/aromatic N) is 1. The third kappa shape index (κ3) is 3.72. The molecule has 0 aromatic heterocycles. The van der Waals surface area contributed by atoms with E-state index in [2.05, 4.69) is 22.9 Å². The van der Waals surface area contributed by atoms with Crippen LogP contribution in [-0.2, 0) is 4.74 Å². The van der Waals surface area contributed by atoms with Crippen LogP contribution in [0.5, 0.6) is 0 Å². The average Bonchev–Trinajstić information content (AvgIpc) is 2.35. The second-order valence-corrected chi connectivity index (χ2v) is 6.72. The summed E-state index contributed by atoms with van der Waals surface area (Å²) < 4.78 is 5.27. The number of carbonyl (C=O) groups is 1. The van der Waals surface area contributed by atoms with E-state index >= 15 is 0 Å². The topological polar surface area (TPSA) is 41.6 Å². The number of hydrogen-bond donors (Lipinski definition) is 1. The maximum Gasteiger partial charge on any atom is 0.407 e. The van der Waals surface area contributed by atoms with Gasteiger partial charge in [0.1, 0.15) is 5.60 Å². The first-order chi connectivity index (χ1) is 8.89. The summed E-state index contributed by atoms with van der Waals surface area (Å²) in [5.41, 5.74) is -0.427. The molecule has 4 heteroatoms. The molecule has 2 bridgehead atoms. The van der Waals surface area contributed by atoms with Crippen molar-refractivity contribution in [3.05, 3.63) is 12.7 Å². The van der Waals surface area contributed by atoms with E-state index in [-0.39, 0.29) is 6.09 Å². The minimum atomic E-state index is -0.427. The second kappa shape index (κ2) is 5.53. The summed E-state index contributed by atoms with van der Waals surface area (Å²) in [4.78, 5) is 14.1. The first kappa shape index (κ1) is 14.4. The van der Waals surface area contributed by atoms with E-state index in [4.69, 9.17) is 4.74 Å². The van der Waals surface area contributed by atoms with E-state index in [0.717, 1.165) is 25.4 Å². The lowest BCUT2D eigenvalue weighted by Crippen LogP contribution is -2.56. The van der Waals surface area contributed by atoms with Crippen LogP contribution in [0, 0.1) is 11.8 Å². The molecule has 0 saturated carbocycles. The highest BCUT2D eigenvalue weighted by molar-refractivity contribution is 5.67. The van der Waals surface area contributed by atoms with E-state index in [1.165, 1.54) is 6.42 Å². The Labute approximate surface area is 116 Å². The van der Waals surface area contributed by atoms with Gasteiger partial charge >= 0.3 is 6.09 Å². The normalized spacial score (nSPS) is 33.8. The lowest BCUT2D eigenvalue weighted by Gasteiger charge is -2.49. The van der Waals surface area contributed by atoms with Crippen LogP contribution in [-0.4, -0.2) is 42.3 Å². The minimum Gasteiger partial charge on any atom is -0.444 e. The van der Waals surface area contributed by atoms with Gasteiger partial charge < -0.3 is 10.1 Å². The first-order valence-electron chi connectivity index (χ1n) is 7.22. The van der Waals surface area contributed by atoms with E-state index < -0.39 is 5.60 Å². The molecule has 4 atom stereocenters. The Bertz CT molecular complexity index is 349. The molecule has 0 aromatic rings. The molecule has 4 unspecified atom stereocenters. The van der Waals surface area contributed by atoms with Crippen LogP contribution in [0.25, 0.3) is 0 Å². The number of piperidine rings is 3. The number of alkyl carbamates (subject to hydrolysis) is 1. The van der Waals surface area contributed by atoms with Gasteiger partial charge in [-0.25, -0.2) is 4.79 Å². The fourth-order valence-corrected chi connectivity index (χ4v) is 3.17. The molecule has 0 radical (unpaired) electrons. The summed E-state index contributed by atoms with van der Waals surface area (Å²) in [6.45, 7) is 12.5. The van der Waals surface area contributed by atoms with Crippen molar-refractivity contribution in [2.45, 2.75) is 45.3 Å². The van der Waals surface area contributed by atoms with Gasteiger partial charge in [0.05, 0.1) is 0 Å².